The van der Waals surface area contributed by atoms with Crippen molar-refractivity contribution in [2.45, 2.75) is 55.9 Å². The molecule has 2 aromatic rings. The number of rotatable bonds is 5. The molecule has 0 atom stereocenters. The highest BCUT2D eigenvalue weighted by molar-refractivity contribution is 7.89. The Morgan fingerprint density at radius 1 is 1.24 bits per heavy atom. The van der Waals surface area contributed by atoms with Gasteiger partial charge in [-0.25, -0.2) is 18.1 Å². The third kappa shape index (κ3) is 3.73. The lowest BCUT2D eigenvalue weighted by Gasteiger charge is -2.19. The molecule has 2 aliphatic rings. The SMILES string of the molecule is O=S(=O)(NCc1nc(C2CCCCC2)cs1)c1ccc2c(c1)CCO2. The first kappa shape index (κ1) is 17.0. The van der Waals surface area contributed by atoms with E-state index in [2.05, 4.69) is 15.1 Å². The van der Waals surface area contributed by atoms with E-state index >= 15 is 0 Å². The highest BCUT2D eigenvalue weighted by atomic mass is 32.2. The van der Waals surface area contributed by atoms with Gasteiger partial charge in [0.15, 0.2) is 0 Å². The van der Waals surface area contributed by atoms with Crippen molar-refractivity contribution in [3.8, 4) is 5.75 Å². The lowest BCUT2D eigenvalue weighted by Crippen LogP contribution is -2.23. The zero-order chi connectivity index (χ0) is 17.3. The summed E-state index contributed by atoms with van der Waals surface area (Å²) in [5.41, 5.74) is 2.09. The molecule has 4 rings (SSSR count). The van der Waals surface area contributed by atoms with Gasteiger partial charge in [0.05, 0.1) is 23.7 Å². The molecule has 1 aromatic heterocycles. The molecule has 0 saturated heterocycles. The summed E-state index contributed by atoms with van der Waals surface area (Å²) in [5, 5.41) is 2.92. The standard InChI is InChI=1S/C18H22N2O3S2/c21-25(22,15-6-7-17-14(10-15)8-9-23-17)19-11-18-20-16(12-24-18)13-4-2-1-3-5-13/h6-7,10,12-13,19H,1-5,8-9,11H2. The van der Waals surface area contributed by atoms with Crippen LogP contribution in [0.2, 0.25) is 0 Å². The van der Waals surface area contributed by atoms with Gasteiger partial charge < -0.3 is 4.74 Å². The van der Waals surface area contributed by atoms with E-state index in [4.69, 9.17) is 4.74 Å². The minimum absolute atomic E-state index is 0.243. The van der Waals surface area contributed by atoms with Crippen LogP contribution in [0.3, 0.4) is 0 Å². The number of nitrogens with one attached hydrogen (secondary N) is 1. The van der Waals surface area contributed by atoms with Crippen molar-refractivity contribution >= 4 is 21.4 Å². The van der Waals surface area contributed by atoms with Gasteiger partial charge >= 0.3 is 0 Å². The lowest BCUT2D eigenvalue weighted by molar-refractivity contribution is 0.356. The maximum Gasteiger partial charge on any atom is 0.240 e. The maximum atomic E-state index is 12.5. The fraction of sp³-hybridized carbons (Fsp3) is 0.500. The fourth-order valence-electron chi connectivity index (χ4n) is 3.56. The van der Waals surface area contributed by atoms with E-state index in [1.807, 2.05) is 0 Å². The van der Waals surface area contributed by atoms with Crippen LogP contribution in [0, 0.1) is 0 Å². The number of fused-ring (bicyclic) bond motifs is 1. The largest absolute Gasteiger partial charge is 0.493 e. The summed E-state index contributed by atoms with van der Waals surface area (Å²) in [7, 11) is -3.53. The highest BCUT2D eigenvalue weighted by Gasteiger charge is 2.21. The van der Waals surface area contributed by atoms with Crippen LogP contribution in [0.1, 0.15) is 54.3 Å². The molecule has 2 heterocycles. The lowest BCUT2D eigenvalue weighted by atomic mass is 9.87. The molecule has 7 heteroatoms. The van der Waals surface area contributed by atoms with E-state index in [1.165, 1.54) is 32.1 Å². The van der Waals surface area contributed by atoms with Crippen molar-refractivity contribution in [1.29, 1.82) is 0 Å². The number of nitrogens with zero attached hydrogens (tertiary/aromatic N) is 1. The normalized spacial score (nSPS) is 18.1. The van der Waals surface area contributed by atoms with E-state index in [-0.39, 0.29) is 6.54 Å². The molecule has 1 N–H and O–H groups in total. The number of benzene rings is 1. The smallest absolute Gasteiger partial charge is 0.240 e. The average molecular weight is 379 g/mol. The minimum atomic E-state index is -3.53. The first-order valence-electron chi connectivity index (χ1n) is 8.81. The molecular weight excluding hydrogens is 356 g/mol. The van der Waals surface area contributed by atoms with E-state index in [1.54, 1.807) is 29.5 Å². The quantitative estimate of drug-likeness (QED) is 0.863. The number of ether oxygens (including phenoxy) is 1. The van der Waals surface area contributed by atoms with Crippen molar-refractivity contribution < 1.29 is 13.2 Å². The van der Waals surface area contributed by atoms with Gasteiger partial charge in [0.25, 0.3) is 0 Å². The molecule has 25 heavy (non-hydrogen) atoms. The minimum Gasteiger partial charge on any atom is -0.493 e. The summed E-state index contributed by atoms with van der Waals surface area (Å²) in [6, 6.07) is 5.04. The van der Waals surface area contributed by atoms with Crippen LogP contribution in [0.5, 0.6) is 5.75 Å². The number of sulfonamides is 1. The van der Waals surface area contributed by atoms with Crippen LogP contribution < -0.4 is 9.46 Å². The van der Waals surface area contributed by atoms with Gasteiger partial charge in [-0.15, -0.1) is 11.3 Å². The molecule has 0 bridgehead atoms. The van der Waals surface area contributed by atoms with Gasteiger partial charge in [0.2, 0.25) is 10.0 Å². The first-order chi connectivity index (χ1) is 12.1. The van der Waals surface area contributed by atoms with Crippen LogP contribution in [0.4, 0.5) is 0 Å². The Bertz CT molecular complexity index is 855. The topological polar surface area (TPSA) is 68.3 Å². The van der Waals surface area contributed by atoms with Crippen LogP contribution in [0.15, 0.2) is 28.5 Å². The van der Waals surface area contributed by atoms with Crippen LogP contribution in [0.25, 0.3) is 0 Å². The number of hydrogen-bond acceptors (Lipinski definition) is 5. The second-order valence-electron chi connectivity index (χ2n) is 6.69. The van der Waals surface area contributed by atoms with Crippen LogP contribution in [-0.4, -0.2) is 20.0 Å². The predicted octanol–water partition coefficient (Wildman–Crippen LogP) is 3.60. The molecule has 1 aromatic carbocycles. The Morgan fingerprint density at radius 2 is 2.08 bits per heavy atom. The van der Waals surface area contributed by atoms with Crippen molar-refractivity contribution in [3.05, 3.63) is 39.8 Å². The third-order valence-electron chi connectivity index (χ3n) is 4.98. The number of aromatic nitrogens is 1. The Balaban J connectivity index is 1.42. The van der Waals surface area contributed by atoms with Gasteiger partial charge in [-0.2, -0.15) is 0 Å². The van der Waals surface area contributed by atoms with Crippen molar-refractivity contribution in [2.75, 3.05) is 6.61 Å². The van der Waals surface area contributed by atoms with Crippen LogP contribution in [-0.2, 0) is 23.0 Å². The third-order valence-corrected chi connectivity index (χ3v) is 7.24. The Hall–Kier alpha value is -1.44. The second-order valence-corrected chi connectivity index (χ2v) is 9.40. The molecule has 1 fully saturated rings. The summed E-state index contributed by atoms with van der Waals surface area (Å²) in [6.07, 6.45) is 7.02. The molecule has 1 aliphatic carbocycles. The predicted molar refractivity (Wildman–Crippen MR) is 97.6 cm³/mol. The molecule has 5 nitrogen and oxygen atoms in total. The summed E-state index contributed by atoms with van der Waals surface area (Å²) < 4.78 is 33.2. The van der Waals surface area contributed by atoms with E-state index in [0.717, 1.165) is 28.4 Å². The van der Waals surface area contributed by atoms with Crippen LogP contribution >= 0.6 is 11.3 Å². The summed E-state index contributed by atoms with van der Waals surface area (Å²) in [6.45, 7) is 0.864. The van der Waals surface area contributed by atoms with Gasteiger partial charge in [0, 0.05) is 17.7 Å². The molecule has 0 radical (unpaired) electrons. The van der Waals surface area contributed by atoms with Crippen molar-refractivity contribution in [3.63, 3.8) is 0 Å². The Labute approximate surface area is 152 Å². The van der Waals surface area contributed by atoms with Gasteiger partial charge in [-0.05, 0) is 36.6 Å². The molecule has 1 saturated carbocycles. The number of hydrogen-bond donors (Lipinski definition) is 1. The van der Waals surface area contributed by atoms with Gasteiger partial charge in [-0.3, -0.25) is 0 Å². The van der Waals surface area contributed by atoms with Gasteiger partial charge in [-0.1, -0.05) is 19.3 Å². The molecule has 134 valence electrons. The Kier molecular flexibility index (Phi) is 4.80. The van der Waals surface area contributed by atoms with E-state index in [0.29, 0.717) is 17.4 Å². The summed E-state index contributed by atoms with van der Waals surface area (Å²) >= 11 is 1.54. The summed E-state index contributed by atoms with van der Waals surface area (Å²) in [4.78, 5) is 4.95. The summed E-state index contributed by atoms with van der Waals surface area (Å²) in [5.74, 6) is 1.34. The Morgan fingerprint density at radius 3 is 2.92 bits per heavy atom. The fourth-order valence-corrected chi connectivity index (χ4v) is 5.51. The average Bonchev–Trinajstić information content (AvgIpc) is 3.29. The maximum absolute atomic E-state index is 12.5. The molecular formula is C18H22N2O3S2. The van der Waals surface area contributed by atoms with Gasteiger partial charge in [0.1, 0.15) is 10.8 Å². The molecule has 0 spiro atoms. The van der Waals surface area contributed by atoms with E-state index in [9.17, 15) is 8.42 Å². The van der Waals surface area contributed by atoms with E-state index < -0.39 is 10.0 Å². The zero-order valence-electron chi connectivity index (χ0n) is 14.0. The molecule has 0 amide bonds. The van der Waals surface area contributed by atoms with Crippen molar-refractivity contribution in [2.24, 2.45) is 0 Å². The molecule has 1 aliphatic heterocycles. The number of thiazole rings is 1. The zero-order valence-corrected chi connectivity index (χ0v) is 15.7. The first-order valence-corrected chi connectivity index (χ1v) is 11.2. The second kappa shape index (κ2) is 7.05. The van der Waals surface area contributed by atoms with Crippen molar-refractivity contribution in [1.82, 2.24) is 9.71 Å². The highest BCUT2D eigenvalue weighted by Crippen LogP contribution is 2.33. The molecule has 0 unspecified atom stereocenters. The monoisotopic (exact) mass is 378 g/mol.